The third-order valence-corrected chi connectivity index (χ3v) is 10.9. The van der Waals surface area contributed by atoms with Crippen molar-refractivity contribution in [3.8, 4) is 0 Å². The Balaban J connectivity index is 2.33. The molecule has 0 amide bonds. The Morgan fingerprint density at radius 1 is 0.508 bits per heavy atom. The maximum Gasteiger partial charge on any atom is 0.306 e. The fourth-order valence-electron chi connectivity index (χ4n) is 6.99. The van der Waals surface area contributed by atoms with Gasteiger partial charge in [-0.1, -0.05) is 158 Å². The van der Waals surface area contributed by atoms with Gasteiger partial charge in [-0.3, -0.25) is 9.59 Å². The highest BCUT2D eigenvalue weighted by molar-refractivity contribution is 5.70. The van der Waals surface area contributed by atoms with E-state index < -0.39 is 55.4 Å². The second-order valence-electron chi connectivity index (χ2n) is 16.6. The summed E-state index contributed by atoms with van der Waals surface area (Å²) >= 11 is 0. The molecule has 0 saturated carbocycles. The smallest absolute Gasteiger partial charge is 0.306 e. The first kappa shape index (κ1) is 56.4. The van der Waals surface area contributed by atoms with E-state index in [1.165, 1.54) is 96.3 Å². The first-order valence-corrected chi connectivity index (χ1v) is 24.4. The number of carbonyl (C=O) groups is 2. The highest BCUT2D eigenvalue weighted by Crippen LogP contribution is 2.22. The van der Waals surface area contributed by atoms with Gasteiger partial charge in [-0.25, -0.2) is 0 Å². The summed E-state index contributed by atoms with van der Waals surface area (Å²) in [5, 5.41) is 40.1. The van der Waals surface area contributed by atoms with Crippen molar-refractivity contribution in [2.24, 2.45) is 0 Å². The van der Waals surface area contributed by atoms with Crippen LogP contribution in [0.15, 0.2) is 60.8 Å². The van der Waals surface area contributed by atoms with Crippen molar-refractivity contribution in [3.63, 3.8) is 0 Å². The summed E-state index contributed by atoms with van der Waals surface area (Å²) in [6.07, 6.45) is 43.6. The monoisotopic (exact) mass is 861 g/mol. The zero-order valence-corrected chi connectivity index (χ0v) is 38.4. The lowest BCUT2D eigenvalue weighted by Gasteiger charge is -2.39. The molecule has 1 rings (SSSR count). The van der Waals surface area contributed by atoms with E-state index in [0.29, 0.717) is 12.8 Å². The van der Waals surface area contributed by atoms with Crippen LogP contribution in [0.2, 0.25) is 0 Å². The van der Waals surface area contributed by atoms with Gasteiger partial charge in [0.05, 0.1) is 13.2 Å². The highest BCUT2D eigenvalue weighted by atomic mass is 16.7. The number of ether oxygens (including phenoxy) is 4. The minimum atomic E-state index is -1.60. The van der Waals surface area contributed by atoms with Crippen molar-refractivity contribution < 1.29 is 49.0 Å². The first-order valence-electron chi connectivity index (χ1n) is 24.4. The molecule has 6 atom stereocenters. The van der Waals surface area contributed by atoms with Gasteiger partial charge in [0.25, 0.3) is 0 Å². The van der Waals surface area contributed by atoms with Crippen LogP contribution >= 0.6 is 0 Å². The number of esters is 2. The van der Waals surface area contributed by atoms with Gasteiger partial charge in [-0.05, 0) is 83.5 Å². The maximum absolute atomic E-state index is 12.8. The van der Waals surface area contributed by atoms with E-state index in [-0.39, 0.29) is 26.1 Å². The number of aliphatic hydroxyl groups excluding tert-OH is 4. The van der Waals surface area contributed by atoms with E-state index in [0.717, 1.165) is 57.8 Å². The predicted molar refractivity (Wildman–Crippen MR) is 247 cm³/mol. The lowest BCUT2D eigenvalue weighted by molar-refractivity contribution is -0.305. The fourth-order valence-corrected chi connectivity index (χ4v) is 6.99. The molecule has 10 heteroatoms. The van der Waals surface area contributed by atoms with Crippen LogP contribution in [0.3, 0.4) is 0 Å². The van der Waals surface area contributed by atoms with Crippen LogP contribution in [0, 0.1) is 0 Å². The Bertz CT molecular complexity index is 1180. The van der Waals surface area contributed by atoms with E-state index in [1.54, 1.807) is 0 Å². The van der Waals surface area contributed by atoms with Crippen molar-refractivity contribution >= 4 is 11.9 Å². The molecule has 10 nitrogen and oxygen atoms in total. The Morgan fingerprint density at radius 2 is 0.918 bits per heavy atom. The second kappa shape index (κ2) is 41.4. The largest absolute Gasteiger partial charge is 0.462 e. The Morgan fingerprint density at radius 3 is 1.44 bits per heavy atom. The summed E-state index contributed by atoms with van der Waals surface area (Å²) in [7, 11) is 0. The van der Waals surface area contributed by atoms with Crippen molar-refractivity contribution in [1.29, 1.82) is 0 Å². The molecule has 0 radical (unpaired) electrons. The Labute approximate surface area is 370 Å². The summed E-state index contributed by atoms with van der Waals surface area (Å²) in [5.41, 5.74) is 0. The highest BCUT2D eigenvalue weighted by Gasteiger charge is 2.44. The summed E-state index contributed by atoms with van der Waals surface area (Å²) in [5.74, 6) is -0.845. The number of hydrogen-bond acceptors (Lipinski definition) is 10. The quantitative estimate of drug-likeness (QED) is 0.0266. The average Bonchev–Trinajstić information content (AvgIpc) is 3.26. The van der Waals surface area contributed by atoms with Gasteiger partial charge in [-0.2, -0.15) is 0 Å². The molecule has 0 spiro atoms. The summed E-state index contributed by atoms with van der Waals surface area (Å²) < 4.78 is 22.2. The van der Waals surface area contributed by atoms with Crippen molar-refractivity contribution in [2.75, 3.05) is 19.8 Å². The number of carbonyl (C=O) groups excluding carboxylic acids is 2. The summed E-state index contributed by atoms with van der Waals surface area (Å²) in [6.45, 7) is 3.35. The van der Waals surface area contributed by atoms with Crippen LogP contribution in [-0.2, 0) is 28.5 Å². The first-order chi connectivity index (χ1) is 29.8. The van der Waals surface area contributed by atoms with Gasteiger partial charge < -0.3 is 39.4 Å². The third kappa shape index (κ3) is 32.7. The predicted octanol–water partition coefficient (Wildman–Crippen LogP) is 11.0. The third-order valence-electron chi connectivity index (χ3n) is 10.9. The molecular formula is C51H88O10. The molecule has 0 aromatic rings. The number of allylic oxidation sites excluding steroid dienone is 10. The Kier molecular flexibility index (Phi) is 38.3. The van der Waals surface area contributed by atoms with E-state index in [1.807, 2.05) is 0 Å². The lowest BCUT2D eigenvalue weighted by Crippen LogP contribution is -2.59. The minimum absolute atomic E-state index is 0.218. The molecule has 2 unspecified atom stereocenters. The molecule has 0 aliphatic carbocycles. The van der Waals surface area contributed by atoms with Crippen molar-refractivity contribution in [2.45, 2.75) is 230 Å². The lowest BCUT2D eigenvalue weighted by atomic mass is 9.99. The molecule has 1 aliphatic rings. The summed E-state index contributed by atoms with van der Waals surface area (Å²) in [4.78, 5) is 25.4. The summed E-state index contributed by atoms with van der Waals surface area (Å²) in [6, 6.07) is 0. The molecule has 1 fully saturated rings. The number of aliphatic hydroxyl groups is 4. The zero-order valence-electron chi connectivity index (χ0n) is 38.4. The van der Waals surface area contributed by atoms with Crippen LogP contribution in [0.1, 0.15) is 194 Å². The van der Waals surface area contributed by atoms with E-state index in [9.17, 15) is 30.0 Å². The van der Waals surface area contributed by atoms with Gasteiger partial charge in [0.1, 0.15) is 31.0 Å². The van der Waals surface area contributed by atoms with E-state index >= 15 is 0 Å². The molecule has 4 N–H and O–H groups in total. The maximum atomic E-state index is 12.8. The van der Waals surface area contributed by atoms with Crippen molar-refractivity contribution in [1.82, 2.24) is 0 Å². The zero-order chi connectivity index (χ0) is 44.4. The minimum Gasteiger partial charge on any atom is -0.462 e. The normalized spacial score (nSPS) is 20.3. The molecule has 1 heterocycles. The van der Waals surface area contributed by atoms with Gasteiger partial charge in [0.15, 0.2) is 12.4 Å². The van der Waals surface area contributed by atoms with Crippen LogP contribution in [-0.4, -0.2) is 89.0 Å². The van der Waals surface area contributed by atoms with Gasteiger partial charge in [-0.15, -0.1) is 0 Å². The molecule has 1 saturated heterocycles. The standard InChI is InChI=1S/C51H88O10/c1-3-5-7-9-11-13-15-17-19-21-22-24-25-27-29-31-33-35-37-39-46(53)58-42-44(43-59-51-50(57)49(56)48(55)45(41-52)61-51)60-47(54)40-38-36-34-32-30-28-26-23-20-18-16-14-12-10-8-6-4-2/h11,13-14,16-17,19,22,24,27,29,44-45,48-52,55-57H,3-10,12,15,18,20-21,23,25-26,28,30-43H2,1-2H3/b13-11+,16-14+,19-17+,24-22+,29-27+/t44-,45-,48+,49?,50?,51-/m0/s1. The molecular weight excluding hydrogens is 773 g/mol. The molecule has 1 aliphatic heterocycles. The van der Waals surface area contributed by atoms with Crippen molar-refractivity contribution in [3.05, 3.63) is 60.8 Å². The van der Waals surface area contributed by atoms with Gasteiger partial charge in [0.2, 0.25) is 0 Å². The van der Waals surface area contributed by atoms with Gasteiger partial charge >= 0.3 is 11.9 Å². The Hall–Kier alpha value is -2.60. The molecule has 352 valence electrons. The molecule has 0 aromatic carbocycles. The van der Waals surface area contributed by atoms with Gasteiger partial charge in [0, 0.05) is 12.8 Å². The number of hydrogen-bond donors (Lipinski definition) is 4. The molecule has 0 aromatic heterocycles. The fraction of sp³-hybridized carbons (Fsp3) is 0.765. The molecule has 61 heavy (non-hydrogen) atoms. The van der Waals surface area contributed by atoms with E-state index in [4.69, 9.17) is 18.9 Å². The SMILES string of the molecule is CCCCC/C=C/C/C=C/C/C=C/C/C=C/CCCCCC(=O)OC[C@@H](CO[C@H]1O[C@@H](CO)[C@@H](O)C(O)C1O)OC(=O)CCCCCCCCCCC/C=C/CCCCCC. The van der Waals surface area contributed by atoms with Crippen LogP contribution < -0.4 is 0 Å². The second-order valence-corrected chi connectivity index (χ2v) is 16.6. The molecule has 0 bridgehead atoms. The number of rotatable bonds is 40. The topological polar surface area (TPSA) is 152 Å². The van der Waals surface area contributed by atoms with E-state index in [2.05, 4.69) is 74.6 Å². The van der Waals surface area contributed by atoms with Crippen LogP contribution in [0.4, 0.5) is 0 Å². The van der Waals surface area contributed by atoms with Crippen LogP contribution in [0.5, 0.6) is 0 Å². The van der Waals surface area contributed by atoms with Crippen LogP contribution in [0.25, 0.3) is 0 Å². The average molecular weight is 861 g/mol. The number of unbranched alkanes of at least 4 members (excludes halogenated alkanes) is 19.